The third-order valence-corrected chi connectivity index (χ3v) is 9.24. The maximum atomic E-state index is 15.2. The molecule has 7 nitrogen and oxygen atoms in total. The molecule has 0 aliphatic rings. The molecule has 2 heterocycles. The van der Waals surface area contributed by atoms with E-state index in [1.165, 1.54) is 0 Å². The summed E-state index contributed by atoms with van der Waals surface area (Å²) in [6.45, 7) is 0. The van der Waals surface area contributed by atoms with Gasteiger partial charge in [-0.1, -0.05) is 36.4 Å². The van der Waals surface area contributed by atoms with E-state index in [0.29, 0.717) is 49.2 Å². The normalized spacial score (nSPS) is 11.3. The van der Waals surface area contributed by atoms with Crippen LogP contribution in [0.3, 0.4) is 0 Å². The van der Waals surface area contributed by atoms with Gasteiger partial charge in [-0.2, -0.15) is 39.5 Å². The number of nitriles is 5. The Balaban J connectivity index is 1.67. The predicted octanol–water partition coefficient (Wildman–Crippen LogP) is 9.92. The largest absolute Gasteiger partial charge is 0.416 e. The molecular weight excluding hydrogens is 660 g/mol. The third kappa shape index (κ3) is 4.79. The van der Waals surface area contributed by atoms with Crippen molar-refractivity contribution in [3.8, 4) is 52.8 Å². The zero-order valence-corrected chi connectivity index (χ0v) is 26.7. The summed E-state index contributed by atoms with van der Waals surface area (Å²) < 4.78 is 48.8. The molecule has 0 aliphatic carbocycles. The van der Waals surface area contributed by atoms with Gasteiger partial charge in [0.2, 0.25) is 0 Å². The molecule has 242 valence electrons. The second-order valence-corrected chi connectivity index (χ2v) is 12.1. The van der Waals surface area contributed by atoms with Gasteiger partial charge < -0.3 is 9.13 Å². The fraction of sp³-hybridized carbons (Fsp3) is 0.0238. The van der Waals surface area contributed by atoms with Crippen molar-refractivity contribution in [2.24, 2.45) is 0 Å². The predicted molar refractivity (Wildman–Crippen MR) is 189 cm³/mol. The fourth-order valence-electron chi connectivity index (χ4n) is 7.00. The van der Waals surface area contributed by atoms with Gasteiger partial charge in [-0.25, -0.2) is 0 Å². The van der Waals surface area contributed by atoms with Gasteiger partial charge in [0.1, 0.15) is 0 Å². The number of nitrogens with zero attached hydrogens (tertiary/aromatic N) is 7. The first kappa shape index (κ1) is 31.4. The maximum absolute atomic E-state index is 15.2. The summed E-state index contributed by atoms with van der Waals surface area (Å²) in [5, 5.41) is 52.0. The van der Waals surface area contributed by atoms with Crippen LogP contribution >= 0.6 is 0 Å². The lowest BCUT2D eigenvalue weighted by Gasteiger charge is -2.23. The molecule has 2 aromatic heterocycles. The van der Waals surface area contributed by atoms with Gasteiger partial charge in [0.05, 0.1) is 97.2 Å². The molecule has 0 saturated carbocycles. The van der Waals surface area contributed by atoms with Crippen LogP contribution < -0.4 is 0 Å². The third-order valence-electron chi connectivity index (χ3n) is 9.24. The molecule has 0 bridgehead atoms. The molecule has 8 rings (SSSR count). The smallest absolute Gasteiger partial charge is 0.308 e. The molecule has 0 N–H and O–H groups in total. The maximum Gasteiger partial charge on any atom is 0.416 e. The lowest BCUT2D eigenvalue weighted by atomic mass is 9.96. The topological polar surface area (TPSA) is 129 Å². The highest BCUT2D eigenvalue weighted by atomic mass is 19.4. The van der Waals surface area contributed by atoms with Gasteiger partial charge in [-0.15, -0.1) is 0 Å². The molecule has 0 radical (unpaired) electrons. The van der Waals surface area contributed by atoms with E-state index in [4.69, 9.17) is 0 Å². The molecule has 0 atom stereocenters. The zero-order chi connectivity index (χ0) is 36.3. The van der Waals surface area contributed by atoms with Gasteiger partial charge in [0.15, 0.2) is 0 Å². The first-order chi connectivity index (χ1) is 25.2. The second kappa shape index (κ2) is 11.6. The summed E-state index contributed by atoms with van der Waals surface area (Å²) in [4.78, 5) is 0. The Kier molecular flexibility index (Phi) is 7.04. The first-order valence-electron chi connectivity index (χ1n) is 15.7. The minimum atomic E-state index is -4.85. The number of rotatable bonds is 3. The molecule has 0 unspecified atom stereocenters. The lowest BCUT2D eigenvalue weighted by Crippen LogP contribution is -2.11. The number of aromatic nitrogens is 2. The molecule has 52 heavy (non-hydrogen) atoms. The minimum absolute atomic E-state index is 0.0629. The highest BCUT2D eigenvalue weighted by Crippen LogP contribution is 2.45. The van der Waals surface area contributed by atoms with Crippen molar-refractivity contribution in [2.45, 2.75) is 6.18 Å². The van der Waals surface area contributed by atoms with E-state index in [9.17, 15) is 26.3 Å². The average molecular weight is 678 g/mol. The van der Waals surface area contributed by atoms with Crippen LogP contribution in [0.1, 0.15) is 33.4 Å². The van der Waals surface area contributed by atoms with Crippen LogP contribution in [-0.4, -0.2) is 9.13 Å². The van der Waals surface area contributed by atoms with Crippen molar-refractivity contribution < 1.29 is 13.2 Å². The number of alkyl halides is 3. The number of halogens is 3. The van der Waals surface area contributed by atoms with Crippen LogP contribution in [-0.2, 0) is 6.18 Å². The number of benzene rings is 6. The van der Waals surface area contributed by atoms with E-state index in [-0.39, 0.29) is 44.8 Å². The minimum Gasteiger partial charge on any atom is -0.308 e. The second-order valence-electron chi connectivity index (χ2n) is 12.1. The average Bonchev–Trinajstić information content (AvgIpc) is 3.67. The molecule has 0 saturated heterocycles. The van der Waals surface area contributed by atoms with E-state index in [2.05, 4.69) is 30.3 Å². The van der Waals surface area contributed by atoms with Crippen molar-refractivity contribution >= 4 is 43.6 Å². The molecule has 0 amide bonds. The summed E-state index contributed by atoms with van der Waals surface area (Å²) in [5.41, 5.74) is 2.86. The van der Waals surface area contributed by atoms with Crippen LogP contribution in [0.25, 0.3) is 66.1 Å². The van der Waals surface area contributed by atoms with Crippen molar-refractivity contribution in [3.05, 3.63) is 143 Å². The molecular formula is C42H18F3N7. The quantitative estimate of drug-likeness (QED) is 0.184. The molecule has 10 heteroatoms. The van der Waals surface area contributed by atoms with Crippen molar-refractivity contribution in [1.29, 1.82) is 26.3 Å². The number of fused-ring (bicyclic) bond motifs is 6. The van der Waals surface area contributed by atoms with Crippen LogP contribution in [0, 0.1) is 56.7 Å². The summed E-state index contributed by atoms with van der Waals surface area (Å²) in [7, 11) is 0. The highest BCUT2D eigenvalue weighted by molar-refractivity contribution is 6.12. The SMILES string of the molecule is N#Cc1cccc(-c2c(-n3c4cc(C#N)ccc4c4ccc(C#N)cc43)cc(C(F)(F)F)cc2-n2c3cc(C#N)ccc3c3ccc(C#N)cc32)c1. The molecule has 8 aromatic rings. The van der Waals surface area contributed by atoms with Crippen LogP contribution in [0.2, 0.25) is 0 Å². The van der Waals surface area contributed by atoms with Gasteiger partial charge >= 0.3 is 6.18 Å². The van der Waals surface area contributed by atoms with Gasteiger partial charge in [0, 0.05) is 27.1 Å². The van der Waals surface area contributed by atoms with Crippen molar-refractivity contribution in [3.63, 3.8) is 0 Å². The molecule has 0 aliphatic heterocycles. The Morgan fingerprint density at radius 3 is 1.10 bits per heavy atom. The monoisotopic (exact) mass is 677 g/mol. The van der Waals surface area contributed by atoms with Crippen LogP contribution in [0.4, 0.5) is 13.2 Å². The summed E-state index contributed by atoms with van der Waals surface area (Å²) in [6.07, 6.45) is -4.85. The number of hydrogen-bond donors (Lipinski definition) is 0. The Bertz CT molecular complexity index is 2760. The molecule has 0 spiro atoms. The summed E-state index contributed by atoms with van der Waals surface area (Å²) in [5.74, 6) is 0. The fourth-order valence-corrected chi connectivity index (χ4v) is 7.00. The Morgan fingerprint density at radius 1 is 0.423 bits per heavy atom. The van der Waals surface area contributed by atoms with Crippen molar-refractivity contribution in [2.75, 3.05) is 0 Å². The van der Waals surface area contributed by atoms with E-state index in [0.717, 1.165) is 12.1 Å². The lowest BCUT2D eigenvalue weighted by molar-refractivity contribution is -0.137. The van der Waals surface area contributed by atoms with Gasteiger partial charge in [-0.05, 0) is 78.4 Å². The van der Waals surface area contributed by atoms with Crippen molar-refractivity contribution in [1.82, 2.24) is 9.13 Å². The molecule has 0 fully saturated rings. The van der Waals surface area contributed by atoms with Gasteiger partial charge in [-0.3, -0.25) is 0 Å². The van der Waals surface area contributed by atoms with Crippen LogP contribution in [0.5, 0.6) is 0 Å². The van der Waals surface area contributed by atoms with Gasteiger partial charge in [0.25, 0.3) is 0 Å². The van der Waals surface area contributed by atoms with E-state index < -0.39 is 11.7 Å². The van der Waals surface area contributed by atoms with E-state index in [1.807, 2.05) is 0 Å². The summed E-state index contributed by atoms with van der Waals surface area (Å²) in [6, 6.07) is 38.9. The van der Waals surface area contributed by atoms with Crippen LogP contribution in [0.15, 0.2) is 109 Å². The van der Waals surface area contributed by atoms with E-state index >= 15 is 13.2 Å². The Labute approximate surface area is 293 Å². The summed E-state index contributed by atoms with van der Waals surface area (Å²) >= 11 is 0. The Hall–Kier alpha value is -7.84. The standard InChI is InChI=1S/C42H18F3N7/c43-42(44,45)30-17-39(51-35-13-25(20-47)4-8-31(35)32-9-5-26(21-48)14-36(32)51)41(29-3-1-2-24(12-29)19-46)40(18-30)52-37-15-27(22-49)6-10-33(37)34-11-7-28(23-50)16-38(34)52/h1-18H. The van der Waals surface area contributed by atoms with E-state index in [1.54, 1.807) is 106 Å². The Morgan fingerprint density at radius 2 is 0.769 bits per heavy atom. The zero-order valence-electron chi connectivity index (χ0n) is 26.7. The highest BCUT2D eigenvalue weighted by Gasteiger charge is 2.34. The number of hydrogen-bond acceptors (Lipinski definition) is 5. The molecule has 6 aromatic carbocycles. The first-order valence-corrected chi connectivity index (χ1v) is 15.7.